The van der Waals surface area contributed by atoms with Gasteiger partial charge in [0.05, 0.1) is 7.11 Å². The van der Waals surface area contributed by atoms with E-state index in [4.69, 9.17) is 4.74 Å². The first-order valence-electron chi connectivity index (χ1n) is 11.5. The zero-order chi connectivity index (χ0) is 21.0. The fourth-order valence-corrected chi connectivity index (χ4v) is 5.42. The summed E-state index contributed by atoms with van der Waals surface area (Å²) in [6, 6.07) is 29.4. The lowest BCUT2D eigenvalue weighted by Crippen LogP contribution is -2.63. The van der Waals surface area contributed by atoms with Gasteiger partial charge in [-0.1, -0.05) is 66.7 Å². The molecule has 0 aromatic heterocycles. The quantitative estimate of drug-likeness (QED) is 0.580. The average Bonchev–Trinajstić information content (AvgIpc) is 2.85. The van der Waals surface area contributed by atoms with Crippen molar-refractivity contribution < 1.29 is 4.74 Å². The lowest BCUT2D eigenvalue weighted by molar-refractivity contribution is 0.0127. The van der Waals surface area contributed by atoms with Crippen molar-refractivity contribution in [3.8, 4) is 16.9 Å². The molecule has 0 radical (unpaired) electrons. The zero-order valence-electron chi connectivity index (χ0n) is 18.3. The van der Waals surface area contributed by atoms with E-state index in [9.17, 15) is 0 Å². The SMILES string of the molecule is COc1cccc(-c2ccc(CC3C(NCc4ccccc4)C4CCN3CC4)cc2)c1. The smallest absolute Gasteiger partial charge is 0.119 e. The van der Waals surface area contributed by atoms with E-state index in [1.165, 1.54) is 48.2 Å². The van der Waals surface area contributed by atoms with Gasteiger partial charge >= 0.3 is 0 Å². The summed E-state index contributed by atoms with van der Waals surface area (Å²) in [6.07, 6.45) is 3.77. The summed E-state index contributed by atoms with van der Waals surface area (Å²) in [5, 5.41) is 3.93. The summed E-state index contributed by atoms with van der Waals surface area (Å²) in [5.74, 6) is 1.70. The maximum Gasteiger partial charge on any atom is 0.119 e. The maximum absolute atomic E-state index is 5.38. The van der Waals surface area contributed by atoms with E-state index in [0.29, 0.717) is 12.1 Å². The van der Waals surface area contributed by atoms with Gasteiger partial charge in [0.1, 0.15) is 5.75 Å². The molecule has 3 heteroatoms. The summed E-state index contributed by atoms with van der Waals surface area (Å²) in [4.78, 5) is 2.72. The summed E-state index contributed by atoms with van der Waals surface area (Å²) < 4.78 is 5.38. The molecule has 3 nitrogen and oxygen atoms in total. The summed E-state index contributed by atoms with van der Waals surface area (Å²) in [6.45, 7) is 3.46. The number of nitrogens with one attached hydrogen (secondary N) is 1. The molecule has 3 heterocycles. The van der Waals surface area contributed by atoms with Gasteiger partial charge in [-0.05, 0) is 72.7 Å². The second-order valence-corrected chi connectivity index (χ2v) is 8.97. The molecule has 0 spiro atoms. The Kier molecular flexibility index (Phi) is 6.06. The second-order valence-electron chi connectivity index (χ2n) is 8.97. The molecule has 3 aliphatic rings. The van der Waals surface area contributed by atoms with Gasteiger partial charge in [-0.3, -0.25) is 4.90 Å². The number of nitrogens with zero attached hydrogens (tertiary/aromatic N) is 1. The van der Waals surface area contributed by atoms with Gasteiger partial charge < -0.3 is 10.1 Å². The molecule has 6 rings (SSSR count). The lowest BCUT2D eigenvalue weighted by atomic mass is 9.76. The van der Waals surface area contributed by atoms with Crippen LogP contribution in [-0.4, -0.2) is 37.2 Å². The van der Waals surface area contributed by atoms with Crippen LogP contribution in [0.5, 0.6) is 5.75 Å². The lowest BCUT2D eigenvalue weighted by Gasteiger charge is -2.51. The number of methoxy groups -OCH3 is 1. The van der Waals surface area contributed by atoms with E-state index in [1.54, 1.807) is 7.11 Å². The average molecular weight is 413 g/mol. The monoisotopic (exact) mass is 412 g/mol. The number of rotatable bonds is 7. The first-order valence-corrected chi connectivity index (χ1v) is 11.5. The Hall–Kier alpha value is -2.62. The number of ether oxygens (including phenoxy) is 1. The molecule has 1 N–H and O–H groups in total. The molecule has 31 heavy (non-hydrogen) atoms. The maximum atomic E-state index is 5.38. The molecule has 0 saturated carbocycles. The minimum Gasteiger partial charge on any atom is -0.497 e. The molecule has 3 aromatic carbocycles. The van der Waals surface area contributed by atoms with Gasteiger partial charge in [0, 0.05) is 18.6 Å². The van der Waals surface area contributed by atoms with Crippen molar-refractivity contribution in [3.63, 3.8) is 0 Å². The van der Waals surface area contributed by atoms with Crippen molar-refractivity contribution in [2.45, 2.75) is 37.9 Å². The fraction of sp³-hybridized carbons (Fsp3) is 0.357. The Bertz CT molecular complexity index is 977. The van der Waals surface area contributed by atoms with Crippen LogP contribution in [-0.2, 0) is 13.0 Å². The summed E-state index contributed by atoms with van der Waals surface area (Å²) in [5.41, 5.74) is 5.25. The molecule has 3 aliphatic heterocycles. The highest BCUT2D eigenvalue weighted by Gasteiger charge is 2.41. The predicted octanol–water partition coefficient (Wildman–Crippen LogP) is 5.16. The molecule has 2 unspecified atom stereocenters. The van der Waals surface area contributed by atoms with Gasteiger partial charge in [0.15, 0.2) is 0 Å². The van der Waals surface area contributed by atoms with Crippen LogP contribution < -0.4 is 10.1 Å². The van der Waals surface area contributed by atoms with E-state index < -0.39 is 0 Å². The molecule has 3 fully saturated rings. The highest BCUT2D eigenvalue weighted by atomic mass is 16.5. The number of fused-ring (bicyclic) bond motifs is 3. The van der Waals surface area contributed by atoms with E-state index in [0.717, 1.165) is 24.6 Å². The molecule has 3 aromatic rings. The Morgan fingerprint density at radius 3 is 2.35 bits per heavy atom. The third-order valence-corrected chi connectivity index (χ3v) is 7.15. The van der Waals surface area contributed by atoms with Crippen molar-refractivity contribution in [1.82, 2.24) is 10.2 Å². The molecule has 3 saturated heterocycles. The van der Waals surface area contributed by atoms with Gasteiger partial charge in [-0.25, -0.2) is 0 Å². The third kappa shape index (κ3) is 4.53. The number of hydrogen-bond donors (Lipinski definition) is 1. The van der Waals surface area contributed by atoms with Gasteiger partial charge in [-0.2, -0.15) is 0 Å². The molecular weight excluding hydrogens is 380 g/mol. The van der Waals surface area contributed by atoms with Crippen LogP contribution in [0.1, 0.15) is 24.0 Å². The number of benzene rings is 3. The molecule has 0 amide bonds. The molecule has 2 bridgehead atoms. The van der Waals surface area contributed by atoms with Crippen LogP contribution in [0.25, 0.3) is 11.1 Å². The van der Waals surface area contributed by atoms with Gasteiger partial charge in [-0.15, -0.1) is 0 Å². The number of piperidine rings is 3. The van der Waals surface area contributed by atoms with Crippen LogP contribution in [0.3, 0.4) is 0 Å². The van der Waals surface area contributed by atoms with Gasteiger partial charge in [0.2, 0.25) is 0 Å². The van der Waals surface area contributed by atoms with Crippen LogP contribution in [0.15, 0.2) is 78.9 Å². The largest absolute Gasteiger partial charge is 0.497 e. The van der Waals surface area contributed by atoms with E-state index in [2.05, 4.69) is 83.0 Å². The first kappa shape index (κ1) is 20.3. The highest BCUT2D eigenvalue weighted by molar-refractivity contribution is 5.65. The summed E-state index contributed by atoms with van der Waals surface area (Å²) in [7, 11) is 1.72. The number of hydrogen-bond acceptors (Lipinski definition) is 3. The minimum atomic E-state index is 0.570. The summed E-state index contributed by atoms with van der Waals surface area (Å²) >= 11 is 0. The van der Waals surface area contributed by atoms with Crippen molar-refractivity contribution in [2.75, 3.05) is 20.2 Å². The fourth-order valence-electron chi connectivity index (χ4n) is 5.42. The van der Waals surface area contributed by atoms with E-state index in [1.807, 2.05) is 6.07 Å². The Labute approximate surface area is 186 Å². The minimum absolute atomic E-state index is 0.570. The normalized spacial score (nSPS) is 24.8. The highest BCUT2D eigenvalue weighted by Crippen LogP contribution is 2.34. The standard InChI is InChI=1S/C28H32N2O/c1-31-26-9-5-8-25(19-26)23-12-10-21(11-13-23)18-27-28(24-14-16-30(27)17-15-24)29-20-22-6-3-2-4-7-22/h2-13,19,24,27-29H,14-18,20H2,1H3. The van der Waals surface area contributed by atoms with Crippen LogP contribution >= 0.6 is 0 Å². The molecule has 2 atom stereocenters. The van der Waals surface area contributed by atoms with Crippen LogP contribution in [0, 0.1) is 5.92 Å². The molecular formula is C28H32N2O. The van der Waals surface area contributed by atoms with Crippen molar-refractivity contribution >= 4 is 0 Å². The van der Waals surface area contributed by atoms with Crippen LogP contribution in [0.2, 0.25) is 0 Å². The van der Waals surface area contributed by atoms with Crippen molar-refractivity contribution in [3.05, 3.63) is 90.0 Å². The topological polar surface area (TPSA) is 24.5 Å². The molecule has 160 valence electrons. The van der Waals surface area contributed by atoms with Crippen molar-refractivity contribution in [1.29, 1.82) is 0 Å². The Morgan fingerprint density at radius 1 is 0.839 bits per heavy atom. The first-order chi connectivity index (χ1) is 15.3. The van der Waals surface area contributed by atoms with E-state index in [-0.39, 0.29) is 0 Å². The predicted molar refractivity (Wildman–Crippen MR) is 127 cm³/mol. The Morgan fingerprint density at radius 2 is 1.61 bits per heavy atom. The Balaban J connectivity index is 1.30. The molecule has 0 aliphatic carbocycles. The second kappa shape index (κ2) is 9.25. The zero-order valence-corrected chi connectivity index (χ0v) is 18.3. The van der Waals surface area contributed by atoms with E-state index >= 15 is 0 Å². The van der Waals surface area contributed by atoms with Crippen molar-refractivity contribution in [2.24, 2.45) is 5.92 Å². The third-order valence-electron chi connectivity index (χ3n) is 7.15. The van der Waals surface area contributed by atoms with Crippen LogP contribution in [0.4, 0.5) is 0 Å². The van der Waals surface area contributed by atoms with Gasteiger partial charge in [0.25, 0.3) is 0 Å².